The smallest absolute Gasteiger partial charge is 0.223 e. The standard InChI is InChI=1S/C15H27N3O/c1-3-18(11-13(2)10-16)14(19)9-15(12-17)7-5-4-6-8-15/h13H,3-9,11-12,17H2,1-2H3. The van der Waals surface area contributed by atoms with E-state index in [-0.39, 0.29) is 17.2 Å². The van der Waals surface area contributed by atoms with Crippen molar-refractivity contribution < 1.29 is 4.79 Å². The van der Waals surface area contributed by atoms with Gasteiger partial charge >= 0.3 is 0 Å². The van der Waals surface area contributed by atoms with Gasteiger partial charge in [-0.15, -0.1) is 0 Å². The van der Waals surface area contributed by atoms with E-state index in [1.165, 1.54) is 19.3 Å². The van der Waals surface area contributed by atoms with Gasteiger partial charge in [0.25, 0.3) is 0 Å². The number of nitrogens with two attached hydrogens (primary N) is 1. The molecule has 0 heterocycles. The summed E-state index contributed by atoms with van der Waals surface area (Å²) >= 11 is 0. The number of amides is 1. The third-order valence-corrected chi connectivity index (χ3v) is 4.32. The third-order valence-electron chi connectivity index (χ3n) is 4.32. The Labute approximate surface area is 116 Å². The van der Waals surface area contributed by atoms with Crippen LogP contribution in [-0.4, -0.2) is 30.4 Å². The highest BCUT2D eigenvalue weighted by Gasteiger charge is 2.34. The van der Waals surface area contributed by atoms with Crippen LogP contribution in [0, 0.1) is 22.7 Å². The van der Waals surface area contributed by atoms with E-state index in [1.807, 2.05) is 13.8 Å². The van der Waals surface area contributed by atoms with E-state index in [0.29, 0.717) is 26.1 Å². The van der Waals surface area contributed by atoms with E-state index < -0.39 is 0 Å². The topological polar surface area (TPSA) is 70.1 Å². The summed E-state index contributed by atoms with van der Waals surface area (Å²) in [5.74, 6) is 0.0565. The molecular formula is C15H27N3O. The molecule has 1 amide bonds. The SMILES string of the molecule is CCN(CC(C)C#N)C(=O)CC1(CN)CCCCC1. The highest BCUT2D eigenvalue weighted by Crippen LogP contribution is 2.38. The van der Waals surface area contributed by atoms with E-state index in [0.717, 1.165) is 12.8 Å². The van der Waals surface area contributed by atoms with Crippen LogP contribution in [0.4, 0.5) is 0 Å². The molecule has 1 rings (SSSR count). The maximum Gasteiger partial charge on any atom is 0.223 e. The molecule has 0 radical (unpaired) electrons. The van der Waals surface area contributed by atoms with Gasteiger partial charge < -0.3 is 10.6 Å². The molecule has 4 nitrogen and oxygen atoms in total. The normalized spacial score (nSPS) is 19.5. The second kappa shape index (κ2) is 7.49. The second-order valence-electron chi connectivity index (χ2n) is 5.90. The van der Waals surface area contributed by atoms with Gasteiger partial charge in [-0.05, 0) is 38.6 Å². The largest absolute Gasteiger partial charge is 0.342 e. The van der Waals surface area contributed by atoms with E-state index in [1.54, 1.807) is 4.90 Å². The Balaban J connectivity index is 2.62. The fourth-order valence-corrected chi connectivity index (χ4v) is 2.97. The van der Waals surface area contributed by atoms with Crippen molar-refractivity contribution in [1.29, 1.82) is 5.26 Å². The van der Waals surface area contributed by atoms with Crippen LogP contribution >= 0.6 is 0 Å². The number of hydrogen-bond donors (Lipinski definition) is 1. The van der Waals surface area contributed by atoms with Crippen molar-refractivity contribution in [3.8, 4) is 6.07 Å². The summed E-state index contributed by atoms with van der Waals surface area (Å²) in [4.78, 5) is 14.2. The summed E-state index contributed by atoms with van der Waals surface area (Å²) < 4.78 is 0. The van der Waals surface area contributed by atoms with Crippen molar-refractivity contribution in [3.63, 3.8) is 0 Å². The quantitative estimate of drug-likeness (QED) is 0.801. The van der Waals surface area contributed by atoms with Crippen LogP contribution in [0.1, 0.15) is 52.4 Å². The third kappa shape index (κ3) is 4.50. The molecule has 19 heavy (non-hydrogen) atoms. The van der Waals surface area contributed by atoms with Crippen LogP contribution in [0.15, 0.2) is 0 Å². The van der Waals surface area contributed by atoms with Crippen molar-refractivity contribution in [2.75, 3.05) is 19.6 Å². The fraction of sp³-hybridized carbons (Fsp3) is 0.867. The van der Waals surface area contributed by atoms with Gasteiger partial charge in [0.15, 0.2) is 0 Å². The lowest BCUT2D eigenvalue weighted by Gasteiger charge is -2.37. The molecule has 0 saturated heterocycles. The van der Waals surface area contributed by atoms with Gasteiger partial charge in [-0.2, -0.15) is 5.26 Å². The number of carbonyl (C=O) groups is 1. The molecule has 1 atom stereocenters. The van der Waals surface area contributed by atoms with Gasteiger partial charge in [-0.1, -0.05) is 19.3 Å². The summed E-state index contributed by atoms with van der Waals surface area (Å²) in [5.41, 5.74) is 5.95. The Morgan fingerprint density at radius 3 is 2.53 bits per heavy atom. The summed E-state index contributed by atoms with van der Waals surface area (Å²) in [6.45, 7) is 5.63. The van der Waals surface area contributed by atoms with Crippen LogP contribution < -0.4 is 5.73 Å². The first-order valence-electron chi connectivity index (χ1n) is 7.44. The lowest BCUT2D eigenvalue weighted by molar-refractivity contribution is -0.134. The first-order chi connectivity index (χ1) is 9.06. The minimum absolute atomic E-state index is 0.0125. The molecule has 4 heteroatoms. The highest BCUT2D eigenvalue weighted by atomic mass is 16.2. The van der Waals surface area contributed by atoms with Crippen molar-refractivity contribution in [3.05, 3.63) is 0 Å². The Morgan fingerprint density at radius 2 is 2.05 bits per heavy atom. The zero-order valence-corrected chi connectivity index (χ0v) is 12.3. The molecule has 1 aliphatic carbocycles. The molecule has 2 N–H and O–H groups in total. The zero-order valence-electron chi connectivity index (χ0n) is 12.3. The average Bonchev–Trinajstić information content (AvgIpc) is 2.45. The summed E-state index contributed by atoms with van der Waals surface area (Å²) in [5, 5.41) is 8.87. The molecule has 1 aliphatic rings. The van der Waals surface area contributed by atoms with Crippen LogP contribution in [-0.2, 0) is 4.79 Å². The molecule has 0 aromatic rings. The minimum atomic E-state index is -0.107. The maximum atomic E-state index is 12.4. The molecular weight excluding hydrogens is 238 g/mol. The summed E-state index contributed by atoms with van der Waals surface area (Å²) in [6.07, 6.45) is 6.33. The lowest BCUT2D eigenvalue weighted by Crippen LogP contribution is -2.41. The molecule has 0 aromatic heterocycles. The number of carbonyl (C=O) groups excluding carboxylic acids is 1. The van der Waals surface area contributed by atoms with E-state index in [4.69, 9.17) is 11.0 Å². The van der Waals surface area contributed by atoms with Gasteiger partial charge in [0.05, 0.1) is 12.0 Å². The zero-order chi connectivity index (χ0) is 14.3. The Bertz CT molecular complexity index is 329. The number of nitrogens with zero attached hydrogens (tertiary/aromatic N) is 2. The minimum Gasteiger partial charge on any atom is -0.342 e. The van der Waals surface area contributed by atoms with Crippen molar-refractivity contribution in [2.24, 2.45) is 17.1 Å². The number of nitriles is 1. The molecule has 0 spiro atoms. The molecule has 108 valence electrons. The molecule has 0 aromatic carbocycles. The van der Waals surface area contributed by atoms with Gasteiger partial charge in [0, 0.05) is 19.5 Å². The Kier molecular flexibility index (Phi) is 6.30. The fourth-order valence-electron chi connectivity index (χ4n) is 2.97. The Morgan fingerprint density at radius 1 is 1.42 bits per heavy atom. The van der Waals surface area contributed by atoms with Crippen molar-refractivity contribution in [2.45, 2.75) is 52.4 Å². The van der Waals surface area contributed by atoms with Gasteiger partial charge in [0.2, 0.25) is 5.91 Å². The average molecular weight is 265 g/mol. The first-order valence-corrected chi connectivity index (χ1v) is 7.44. The Hall–Kier alpha value is -1.08. The van der Waals surface area contributed by atoms with Gasteiger partial charge in [-0.25, -0.2) is 0 Å². The van der Waals surface area contributed by atoms with Gasteiger partial charge in [0.1, 0.15) is 0 Å². The molecule has 1 unspecified atom stereocenters. The lowest BCUT2D eigenvalue weighted by atomic mass is 9.71. The predicted octanol–water partition coefficient (Wildman–Crippen LogP) is 2.29. The van der Waals surface area contributed by atoms with Crippen LogP contribution in [0.25, 0.3) is 0 Å². The van der Waals surface area contributed by atoms with Crippen LogP contribution in [0.2, 0.25) is 0 Å². The second-order valence-corrected chi connectivity index (χ2v) is 5.90. The molecule has 0 aliphatic heterocycles. The summed E-state index contributed by atoms with van der Waals surface area (Å²) in [7, 11) is 0. The first kappa shape index (κ1) is 16.0. The van der Waals surface area contributed by atoms with Gasteiger partial charge in [-0.3, -0.25) is 4.79 Å². The van der Waals surface area contributed by atoms with Crippen molar-refractivity contribution >= 4 is 5.91 Å². The molecule has 1 fully saturated rings. The van der Waals surface area contributed by atoms with E-state index in [2.05, 4.69) is 6.07 Å². The maximum absolute atomic E-state index is 12.4. The van der Waals surface area contributed by atoms with E-state index in [9.17, 15) is 4.79 Å². The monoisotopic (exact) mass is 265 g/mol. The molecule has 0 bridgehead atoms. The van der Waals surface area contributed by atoms with Crippen molar-refractivity contribution in [1.82, 2.24) is 4.90 Å². The number of rotatable bonds is 6. The summed E-state index contributed by atoms with van der Waals surface area (Å²) in [6, 6.07) is 2.19. The highest BCUT2D eigenvalue weighted by molar-refractivity contribution is 5.77. The number of hydrogen-bond acceptors (Lipinski definition) is 3. The van der Waals surface area contributed by atoms with Crippen LogP contribution in [0.3, 0.4) is 0 Å². The molecule has 1 saturated carbocycles. The van der Waals surface area contributed by atoms with Crippen LogP contribution in [0.5, 0.6) is 0 Å². The predicted molar refractivity (Wildman–Crippen MR) is 76.2 cm³/mol. The van der Waals surface area contributed by atoms with E-state index >= 15 is 0 Å².